The highest BCUT2D eigenvalue weighted by Gasteiger charge is 2.50. The average molecular weight is 361 g/mol. The number of hydrogen-bond donors (Lipinski definition) is 3. The van der Waals surface area contributed by atoms with E-state index in [4.69, 9.17) is 0 Å². The van der Waals surface area contributed by atoms with E-state index in [-0.39, 0.29) is 5.69 Å². The molecule has 1 saturated heterocycles. The maximum absolute atomic E-state index is 12.7. The number of urea groups is 1. The lowest BCUT2D eigenvalue weighted by atomic mass is 9.88. The summed E-state index contributed by atoms with van der Waals surface area (Å²) in [6.07, 6.45) is 3.93. The molecule has 2 rings (SSSR count). The number of hydrogen-bond acceptors (Lipinski definition) is 5. The Morgan fingerprint density at radius 3 is 2.42 bits per heavy atom. The van der Waals surface area contributed by atoms with Crippen molar-refractivity contribution in [1.82, 2.24) is 26.1 Å². The first-order valence-corrected chi connectivity index (χ1v) is 8.58. The molecule has 0 atom stereocenters. The molecule has 0 saturated carbocycles. The van der Waals surface area contributed by atoms with Crippen LogP contribution in [0.5, 0.6) is 0 Å². The predicted octanol–water partition coefficient (Wildman–Crippen LogP) is 0.733. The molecule has 9 nitrogen and oxygen atoms in total. The van der Waals surface area contributed by atoms with Gasteiger partial charge in [0.2, 0.25) is 0 Å². The Hall–Kier alpha value is -2.97. The molecule has 140 valence electrons. The number of imide groups is 1. The molecule has 1 aliphatic rings. The third-order valence-corrected chi connectivity index (χ3v) is 4.11. The van der Waals surface area contributed by atoms with Crippen LogP contribution in [0.15, 0.2) is 24.4 Å². The molecule has 1 aliphatic heterocycles. The van der Waals surface area contributed by atoms with Gasteiger partial charge in [-0.15, -0.1) is 0 Å². The van der Waals surface area contributed by atoms with Gasteiger partial charge in [-0.3, -0.25) is 35.1 Å². The molecule has 1 aromatic heterocycles. The zero-order valence-electron chi connectivity index (χ0n) is 14.9. The van der Waals surface area contributed by atoms with Crippen molar-refractivity contribution < 1.29 is 19.2 Å². The largest absolute Gasteiger partial charge is 0.325 e. The van der Waals surface area contributed by atoms with Gasteiger partial charge in [0.05, 0.1) is 0 Å². The van der Waals surface area contributed by atoms with Crippen LogP contribution >= 0.6 is 0 Å². The third-order valence-electron chi connectivity index (χ3n) is 4.11. The summed E-state index contributed by atoms with van der Waals surface area (Å²) in [5.41, 5.74) is 3.58. The molecule has 0 aromatic carbocycles. The lowest BCUT2D eigenvalue weighted by molar-refractivity contribution is -0.135. The number of carbonyl (C=O) groups is 4. The first-order valence-electron chi connectivity index (χ1n) is 8.58. The van der Waals surface area contributed by atoms with Crippen LogP contribution in [0.3, 0.4) is 0 Å². The summed E-state index contributed by atoms with van der Waals surface area (Å²) in [6, 6.07) is 4.19. The number of rotatable bonds is 7. The molecule has 1 aromatic rings. The van der Waals surface area contributed by atoms with Gasteiger partial charge in [0.1, 0.15) is 17.8 Å². The van der Waals surface area contributed by atoms with E-state index in [9.17, 15) is 19.2 Å². The van der Waals surface area contributed by atoms with E-state index in [0.29, 0.717) is 12.8 Å². The molecule has 0 radical (unpaired) electrons. The molecule has 2 heterocycles. The first kappa shape index (κ1) is 19.4. The molecule has 0 aliphatic carbocycles. The highest BCUT2D eigenvalue weighted by Crippen LogP contribution is 2.27. The number of pyridine rings is 1. The Balaban J connectivity index is 1.95. The monoisotopic (exact) mass is 361 g/mol. The van der Waals surface area contributed by atoms with E-state index in [1.54, 1.807) is 12.1 Å². The second-order valence-electron chi connectivity index (χ2n) is 6.12. The molecule has 26 heavy (non-hydrogen) atoms. The Labute approximate surface area is 151 Å². The van der Waals surface area contributed by atoms with Gasteiger partial charge >= 0.3 is 6.03 Å². The van der Waals surface area contributed by atoms with Crippen LogP contribution in [-0.2, 0) is 9.59 Å². The van der Waals surface area contributed by atoms with Crippen LogP contribution in [0.2, 0.25) is 0 Å². The number of aromatic nitrogens is 1. The van der Waals surface area contributed by atoms with Gasteiger partial charge in [0, 0.05) is 6.20 Å². The molecule has 5 amide bonds. The van der Waals surface area contributed by atoms with Gasteiger partial charge in [-0.05, 0) is 25.0 Å². The summed E-state index contributed by atoms with van der Waals surface area (Å²) >= 11 is 0. The summed E-state index contributed by atoms with van der Waals surface area (Å²) in [6.45, 7) is 3.39. The maximum Gasteiger partial charge on any atom is 0.325 e. The summed E-state index contributed by atoms with van der Waals surface area (Å²) < 4.78 is 0. The summed E-state index contributed by atoms with van der Waals surface area (Å²) in [5.74, 6) is -1.68. The van der Waals surface area contributed by atoms with Crippen molar-refractivity contribution in [3.63, 3.8) is 0 Å². The van der Waals surface area contributed by atoms with Crippen LogP contribution < -0.4 is 16.2 Å². The van der Waals surface area contributed by atoms with Crippen LogP contribution in [0.4, 0.5) is 4.79 Å². The van der Waals surface area contributed by atoms with Gasteiger partial charge in [-0.2, -0.15) is 0 Å². The van der Waals surface area contributed by atoms with E-state index in [1.165, 1.54) is 12.3 Å². The first-order chi connectivity index (χ1) is 12.4. The topological polar surface area (TPSA) is 120 Å². The number of hydrazine groups is 1. The number of carbonyl (C=O) groups excluding carboxylic acids is 4. The lowest BCUT2D eigenvalue weighted by Crippen LogP contribution is -2.49. The summed E-state index contributed by atoms with van der Waals surface area (Å²) in [4.78, 5) is 53.4. The van der Waals surface area contributed by atoms with Crippen LogP contribution in [0.25, 0.3) is 0 Å². The lowest BCUT2D eigenvalue weighted by Gasteiger charge is -2.25. The van der Waals surface area contributed by atoms with Gasteiger partial charge in [-0.1, -0.05) is 32.8 Å². The average Bonchev–Trinajstić information content (AvgIpc) is 2.85. The second-order valence-corrected chi connectivity index (χ2v) is 6.12. The molecular weight excluding hydrogens is 338 g/mol. The molecular formula is C17H23N5O4. The van der Waals surface area contributed by atoms with Crippen molar-refractivity contribution in [3.05, 3.63) is 30.1 Å². The van der Waals surface area contributed by atoms with Crippen molar-refractivity contribution >= 4 is 23.8 Å². The van der Waals surface area contributed by atoms with Gasteiger partial charge in [0.25, 0.3) is 17.7 Å². The second kappa shape index (κ2) is 8.41. The number of nitrogens with zero attached hydrogens (tertiary/aromatic N) is 2. The van der Waals surface area contributed by atoms with Crippen LogP contribution in [-0.4, -0.2) is 45.7 Å². The maximum atomic E-state index is 12.7. The Morgan fingerprint density at radius 1 is 1.15 bits per heavy atom. The third kappa shape index (κ3) is 4.16. The minimum Gasteiger partial charge on any atom is -0.323 e. The number of nitrogens with one attached hydrogen (secondary N) is 3. The molecule has 0 spiro atoms. The Bertz CT molecular complexity index is 686. The van der Waals surface area contributed by atoms with Crippen molar-refractivity contribution in [3.8, 4) is 0 Å². The van der Waals surface area contributed by atoms with Gasteiger partial charge in [0.15, 0.2) is 0 Å². The van der Waals surface area contributed by atoms with Gasteiger partial charge in [-0.25, -0.2) is 4.79 Å². The molecule has 3 N–H and O–H groups in total. The van der Waals surface area contributed by atoms with Crippen LogP contribution in [0.1, 0.15) is 50.0 Å². The summed E-state index contributed by atoms with van der Waals surface area (Å²) in [5, 5.41) is 2.73. The summed E-state index contributed by atoms with van der Waals surface area (Å²) in [7, 11) is 0. The zero-order valence-corrected chi connectivity index (χ0v) is 14.9. The minimum atomic E-state index is -0.946. The van der Waals surface area contributed by atoms with Gasteiger partial charge < -0.3 is 5.32 Å². The van der Waals surface area contributed by atoms with E-state index in [0.717, 1.165) is 17.7 Å². The zero-order chi connectivity index (χ0) is 19.2. The number of amides is 5. The van der Waals surface area contributed by atoms with Crippen molar-refractivity contribution in [2.45, 2.75) is 45.1 Å². The van der Waals surface area contributed by atoms with E-state index in [1.807, 2.05) is 13.8 Å². The van der Waals surface area contributed by atoms with Crippen LogP contribution in [0, 0.1) is 0 Å². The molecule has 9 heteroatoms. The molecule has 0 unspecified atom stereocenters. The van der Waals surface area contributed by atoms with Crippen molar-refractivity contribution in [2.75, 3.05) is 6.54 Å². The SMILES string of the molecule is CCCC1(CCC)NC(=O)N(CC(=O)NNC(=O)c2ccccn2)C1=O. The fourth-order valence-electron chi connectivity index (χ4n) is 3.01. The highest BCUT2D eigenvalue weighted by atomic mass is 16.2. The predicted molar refractivity (Wildman–Crippen MR) is 92.6 cm³/mol. The highest BCUT2D eigenvalue weighted by molar-refractivity contribution is 6.09. The Morgan fingerprint density at radius 2 is 1.85 bits per heavy atom. The van der Waals surface area contributed by atoms with Crippen molar-refractivity contribution in [2.24, 2.45) is 0 Å². The normalized spacial score (nSPS) is 15.5. The van der Waals surface area contributed by atoms with E-state index >= 15 is 0 Å². The fraction of sp³-hybridized carbons (Fsp3) is 0.471. The Kier molecular flexibility index (Phi) is 6.26. The van der Waals surface area contributed by atoms with E-state index in [2.05, 4.69) is 21.2 Å². The standard InChI is InChI=1S/C17H23N5O4/c1-3-8-17(9-4-2)15(25)22(16(26)19-17)11-13(23)20-21-14(24)12-7-5-6-10-18-12/h5-7,10H,3-4,8-9,11H2,1-2H3,(H,19,26)(H,20,23)(H,21,24). The van der Waals surface area contributed by atoms with Crippen molar-refractivity contribution in [1.29, 1.82) is 0 Å². The molecule has 0 bridgehead atoms. The minimum absolute atomic E-state index is 0.132. The fourth-order valence-corrected chi connectivity index (χ4v) is 3.01. The van der Waals surface area contributed by atoms with E-state index < -0.39 is 35.8 Å². The smallest absolute Gasteiger partial charge is 0.323 e. The molecule has 1 fully saturated rings. The quantitative estimate of drug-likeness (QED) is 0.488.